The molecule has 122 valence electrons. The predicted octanol–water partition coefficient (Wildman–Crippen LogP) is -1.50. The third-order valence-corrected chi connectivity index (χ3v) is 3.93. The Morgan fingerprint density at radius 3 is 2.50 bits per heavy atom. The van der Waals surface area contributed by atoms with E-state index in [1.165, 1.54) is 0 Å². The van der Waals surface area contributed by atoms with Crippen molar-refractivity contribution >= 4 is 5.91 Å². The highest BCUT2D eigenvalue weighted by Gasteiger charge is 2.40. The fourth-order valence-electron chi connectivity index (χ4n) is 2.57. The molecule has 1 aliphatic rings. The fraction of sp³-hybridized carbons (Fsp3) is 0.533. The van der Waals surface area contributed by atoms with Gasteiger partial charge in [0.1, 0.15) is 5.75 Å². The van der Waals surface area contributed by atoms with Crippen LogP contribution in [0.15, 0.2) is 24.3 Å². The molecule has 0 bridgehead atoms. The number of aryl methyl sites for hydroxylation is 1. The highest BCUT2D eigenvalue weighted by molar-refractivity contribution is 5.76. The second kappa shape index (κ2) is 7.55. The molecule has 1 aromatic rings. The van der Waals surface area contributed by atoms with Crippen LogP contribution in [0, 0.1) is 0 Å². The van der Waals surface area contributed by atoms with Crippen LogP contribution in [0.2, 0.25) is 0 Å². The second-order valence-electron chi connectivity index (χ2n) is 5.48. The van der Waals surface area contributed by atoms with Gasteiger partial charge in [0.25, 0.3) is 0 Å². The number of nitrogens with one attached hydrogen (secondary N) is 2. The predicted molar refractivity (Wildman–Crippen MR) is 79.2 cm³/mol. The Kier molecular flexibility index (Phi) is 5.73. The molecule has 6 N–H and O–H groups in total. The minimum Gasteiger partial charge on any atom is -0.508 e. The average Bonchev–Trinajstić information content (AvgIpc) is 2.79. The third kappa shape index (κ3) is 3.95. The van der Waals surface area contributed by atoms with Crippen LogP contribution in [0.3, 0.4) is 0 Å². The van der Waals surface area contributed by atoms with Crippen LogP contribution in [0.4, 0.5) is 0 Å². The van der Waals surface area contributed by atoms with E-state index >= 15 is 0 Å². The number of hydrogen-bond acceptors (Lipinski definition) is 6. The summed E-state index contributed by atoms with van der Waals surface area (Å²) < 4.78 is 0. The molecule has 1 amide bonds. The normalized spacial score (nSPS) is 27.8. The van der Waals surface area contributed by atoms with Gasteiger partial charge < -0.3 is 31.1 Å². The zero-order chi connectivity index (χ0) is 16.1. The number of aliphatic hydroxyl groups excluding tert-OH is 3. The van der Waals surface area contributed by atoms with Crippen LogP contribution in [-0.4, -0.2) is 63.8 Å². The Morgan fingerprint density at radius 1 is 1.18 bits per heavy atom. The van der Waals surface area contributed by atoms with Crippen LogP contribution < -0.4 is 10.6 Å². The largest absolute Gasteiger partial charge is 0.508 e. The number of para-hydroxylation sites is 1. The number of phenolic OH excluding ortho intramolecular Hbond substituents is 1. The van der Waals surface area contributed by atoms with Crippen molar-refractivity contribution in [1.82, 2.24) is 10.6 Å². The van der Waals surface area contributed by atoms with E-state index in [9.17, 15) is 20.1 Å². The van der Waals surface area contributed by atoms with E-state index in [2.05, 4.69) is 10.6 Å². The highest BCUT2D eigenvalue weighted by atomic mass is 16.3. The Morgan fingerprint density at radius 2 is 1.86 bits per heavy atom. The quantitative estimate of drug-likeness (QED) is 0.380. The van der Waals surface area contributed by atoms with Gasteiger partial charge in [-0.3, -0.25) is 4.79 Å². The summed E-state index contributed by atoms with van der Waals surface area (Å²) in [4.78, 5) is 11.8. The maximum absolute atomic E-state index is 11.8. The lowest BCUT2D eigenvalue weighted by Crippen LogP contribution is -2.44. The second-order valence-corrected chi connectivity index (χ2v) is 5.48. The number of amides is 1. The summed E-state index contributed by atoms with van der Waals surface area (Å²) in [7, 11) is 0. The van der Waals surface area contributed by atoms with Crippen molar-refractivity contribution in [1.29, 1.82) is 0 Å². The van der Waals surface area contributed by atoms with Crippen LogP contribution in [0.5, 0.6) is 5.75 Å². The van der Waals surface area contributed by atoms with Gasteiger partial charge in [-0.2, -0.15) is 0 Å². The summed E-state index contributed by atoms with van der Waals surface area (Å²) in [5, 5.41) is 43.7. The minimum atomic E-state index is -1.05. The first kappa shape index (κ1) is 16.7. The van der Waals surface area contributed by atoms with E-state index < -0.39 is 24.3 Å². The smallest absolute Gasteiger partial charge is 0.220 e. The molecular formula is C15H22N2O5. The molecule has 0 saturated carbocycles. The summed E-state index contributed by atoms with van der Waals surface area (Å²) in [6.45, 7) is -0.121. The molecule has 0 radical (unpaired) electrons. The van der Waals surface area contributed by atoms with Crippen LogP contribution in [0.25, 0.3) is 0 Å². The molecule has 0 unspecified atom stereocenters. The molecule has 1 aromatic carbocycles. The number of carbonyl (C=O) groups is 1. The minimum absolute atomic E-state index is 0.161. The lowest BCUT2D eigenvalue weighted by Gasteiger charge is -2.16. The van der Waals surface area contributed by atoms with Crippen molar-refractivity contribution in [2.45, 2.75) is 37.1 Å². The first-order valence-corrected chi connectivity index (χ1v) is 7.29. The number of hydrogen-bond donors (Lipinski definition) is 6. The molecule has 4 atom stereocenters. The van der Waals surface area contributed by atoms with Gasteiger partial charge in [-0.25, -0.2) is 0 Å². The molecule has 1 saturated heterocycles. The molecule has 22 heavy (non-hydrogen) atoms. The van der Waals surface area contributed by atoms with Crippen molar-refractivity contribution in [2.75, 3.05) is 13.2 Å². The van der Waals surface area contributed by atoms with Crippen molar-refractivity contribution in [3.05, 3.63) is 29.8 Å². The number of carbonyl (C=O) groups excluding carboxylic acids is 1. The van der Waals surface area contributed by atoms with Gasteiger partial charge in [-0.05, 0) is 18.1 Å². The van der Waals surface area contributed by atoms with Crippen LogP contribution in [0.1, 0.15) is 12.0 Å². The monoisotopic (exact) mass is 310 g/mol. The summed E-state index contributed by atoms with van der Waals surface area (Å²) in [5.41, 5.74) is 0.701. The molecule has 0 spiro atoms. The fourth-order valence-corrected chi connectivity index (χ4v) is 2.57. The zero-order valence-electron chi connectivity index (χ0n) is 12.1. The molecule has 0 aromatic heterocycles. The van der Waals surface area contributed by atoms with Crippen LogP contribution >= 0.6 is 0 Å². The van der Waals surface area contributed by atoms with Crippen molar-refractivity contribution in [2.24, 2.45) is 0 Å². The summed E-state index contributed by atoms with van der Waals surface area (Å²) in [5.74, 6) is -0.0451. The Balaban J connectivity index is 1.75. The zero-order valence-corrected chi connectivity index (χ0v) is 12.1. The third-order valence-electron chi connectivity index (χ3n) is 3.93. The number of phenols is 1. The van der Waals surface area contributed by atoms with Gasteiger partial charge >= 0.3 is 0 Å². The number of benzene rings is 1. The molecule has 7 nitrogen and oxygen atoms in total. The van der Waals surface area contributed by atoms with Gasteiger partial charge in [-0.1, -0.05) is 18.2 Å². The molecule has 2 rings (SSSR count). The molecule has 1 fully saturated rings. The number of aliphatic hydroxyl groups is 3. The Hall–Kier alpha value is -1.67. The van der Waals surface area contributed by atoms with Crippen molar-refractivity contribution in [3.63, 3.8) is 0 Å². The van der Waals surface area contributed by atoms with E-state index in [0.717, 1.165) is 0 Å². The maximum atomic E-state index is 11.8. The first-order chi connectivity index (χ1) is 10.5. The summed E-state index contributed by atoms with van der Waals surface area (Å²) in [6.07, 6.45) is -1.45. The van der Waals surface area contributed by atoms with Gasteiger partial charge in [0.2, 0.25) is 5.91 Å². The molecule has 1 heterocycles. The highest BCUT2D eigenvalue weighted by Crippen LogP contribution is 2.17. The lowest BCUT2D eigenvalue weighted by atomic mass is 10.1. The average molecular weight is 310 g/mol. The van der Waals surface area contributed by atoms with Gasteiger partial charge in [0.05, 0.1) is 30.9 Å². The van der Waals surface area contributed by atoms with E-state index in [1.54, 1.807) is 24.3 Å². The number of aromatic hydroxyl groups is 1. The van der Waals surface area contributed by atoms with E-state index in [1.807, 2.05) is 0 Å². The molecule has 1 aliphatic heterocycles. The van der Waals surface area contributed by atoms with Gasteiger partial charge in [0.15, 0.2) is 0 Å². The van der Waals surface area contributed by atoms with Crippen molar-refractivity contribution in [3.8, 4) is 5.75 Å². The standard InChI is InChI=1S/C15H22N2O5/c18-8-11-15(22)14(21)10(17-11)7-16-13(20)6-5-9-3-1-2-4-12(9)19/h1-4,10-11,14-15,17-19,21-22H,5-8H2,(H,16,20)/t10-,11-,14-,15+/m1/s1. The van der Waals surface area contributed by atoms with Gasteiger partial charge in [0, 0.05) is 13.0 Å². The van der Waals surface area contributed by atoms with E-state index in [0.29, 0.717) is 12.0 Å². The lowest BCUT2D eigenvalue weighted by molar-refractivity contribution is -0.121. The topological polar surface area (TPSA) is 122 Å². The Labute approximate surface area is 128 Å². The first-order valence-electron chi connectivity index (χ1n) is 7.29. The van der Waals surface area contributed by atoms with E-state index in [-0.39, 0.29) is 31.2 Å². The van der Waals surface area contributed by atoms with Gasteiger partial charge in [-0.15, -0.1) is 0 Å². The summed E-state index contributed by atoms with van der Waals surface area (Å²) in [6, 6.07) is 5.76. The van der Waals surface area contributed by atoms with Crippen LogP contribution in [-0.2, 0) is 11.2 Å². The molecular weight excluding hydrogens is 288 g/mol. The van der Waals surface area contributed by atoms with E-state index in [4.69, 9.17) is 5.11 Å². The summed E-state index contributed by atoms with van der Waals surface area (Å²) >= 11 is 0. The maximum Gasteiger partial charge on any atom is 0.220 e. The molecule has 0 aliphatic carbocycles. The Bertz CT molecular complexity index is 510. The SMILES string of the molecule is O=C(CCc1ccccc1O)NC[C@H]1N[C@H](CO)[C@H](O)[C@@H]1O. The number of rotatable bonds is 6. The van der Waals surface area contributed by atoms with Crippen molar-refractivity contribution < 1.29 is 25.2 Å². The molecule has 7 heteroatoms.